The number of aliphatic hydroxyl groups excluding tert-OH is 6. The molecule has 3 aliphatic rings. The summed E-state index contributed by atoms with van der Waals surface area (Å²) in [5, 5.41) is 83.0. The van der Waals surface area contributed by atoms with Crippen molar-refractivity contribution in [1.82, 2.24) is 41.7 Å². The third-order valence-corrected chi connectivity index (χ3v) is 14.3. The molecule has 0 unspecified atom stereocenters. The minimum atomic E-state index is -2.19. The summed E-state index contributed by atoms with van der Waals surface area (Å²) in [4.78, 5) is 127. The fourth-order valence-corrected chi connectivity index (χ4v) is 9.91. The second kappa shape index (κ2) is 30.8. The van der Waals surface area contributed by atoms with Crippen molar-refractivity contribution in [3.8, 4) is 11.5 Å². The molecule has 14 N–H and O–H groups in total. The van der Waals surface area contributed by atoms with Crippen LogP contribution in [0.25, 0.3) is 0 Å². The highest BCUT2D eigenvalue weighted by atomic mass is 16.6. The molecule has 470 valence electrons. The number of amides is 9. The SMILES string of the molecule is C[C@@H](O)[C@@H]1NC(=O)[C@@H](NC(=O)OCc2ccccc2)C[C@@H](O)CNC(=O)[C@@H]2[C@@H](O)[C@@H](C)CN2C(=O)[C@H]([C@H](O)CC(N)=O)NC(=O)[C@H]([C@H](O)Cc2ccc(OCc3ccccc3)c(OCCCNC(=O)OC(C)(C)C)c2)NC(=O)[C@@H]2C[C@@H](O)CN2C1=O. The van der Waals surface area contributed by atoms with Crippen LogP contribution >= 0.6 is 0 Å². The molecule has 3 aliphatic heterocycles. The highest BCUT2D eigenvalue weighted by Gasteiger charge is 2.50. The number of ether oxygens (including phenoxy) is 4. The maximum Gasteiger partial charge on any atom is 0.408 e. The van der Waals surface area contributed by atoms with Gasteiger partial charge in [-0.3, -0.25) is 33.6 Å². The van der Waals surface area contributed by atoms with Crippen molar-refractivity contribution in [2.45, 2.75) is 158 Å². The smallest absolute Gasteiger partial charge is 0.408 e. The van der Waals surface area contributed by atoms with E-state index in [9.17, 15) is 73.8 Å². The third kappa shape index (κ3) is 19.2. The molecule has 0 spiro atoms. The van der Waals surface area contributed by atoms with Crippen LogP contribution in [0.3, 0.4) is 0 Å². The monoisotopic (exact) mass is 1210 g/mol. The first kappa shape index (κ1) is 67.0. The van der Waals surface area contributed by atoms with Gasteiger partial charge in [0, 0.05) is 51.4 Å². The summed E-state index contributed by atoms with van der Waals surface area (Å²) in [6.07, 6.45) is -14.8. The molecule has 3 heterocycles. The zero-order valence-electron chi connectivity index (χ0n) is 48.5. The standard InChI is InChI=1S/C58H79N9O19/c1-31-27-67-48(49(31)74)53(78)61-26-36(69)23-38(62-57(82)85-30-34-15-10-7-11-16-34)50(75)63-45(32(2)68)54(79)66-28-37(70)24-39(66)51(76)64-46(52(77)65-47(55(67)80)41(72)25-44(59)73)40(71)21-35-17-18-42(84-29-33-13-8-6-9-14-33)43(22-35)83-20-12-19-60-56(81)86-58(3,4)5/h6-11,13-18,22,31-32,36-41,45-49,68-72,74H,12,19-21,23-30H2,1-5H3,(H2,59,73)(H,60,81)(H,61,78)(H,62,82)(H,63,75)(H,64,76)(H,65,77)/t31-,32+,36+,37+,38-,39-,40+,41+,45-,46-,47-,48-,49-/m0/s1. The van der Waals surface area contributed by atoms with Gasteiger partial charge in [-0.2, -0.15) is 0 Å². The molecule has 9 amide bonds. The van der Waals surface area contributed by atoms with Gasteiger partial charge in [-0.15, -0.1) is 0 Å². The lowest BCUT2D eigenvalue weighted by molar-refractivity contribution is -0.147. The molecule has 0 aliphatic carbocycles. The van der Waals surface area contributed by atoms with E-state index in [0.717, 1.165) is 22.3 Å². The van der Waals surface area contributed by atoms with Crippen LogP contribution in [0.15, 0.2) is 78.9 Å². The van der Waals surface area contributed by atoms with E-state index in [-0.39, 0.29) is 56.4 Å². The highest BCUT2D eigenvalue weighted by molar-refractivity contribution is 5.98. The Hall–Kier alpha value is -8.15. The molecule has 3 fully saturated rings. The summed E-state index contributed by atoms with van der Waals surface area (Å²) >= 11 is 0. The average Bonchev–Trinajstić information content (AvgIpc) is 2.09. The number of nitrogens with one attached hydrogen (secondary N) is 6. The number of hydrogen-bond acceptors (Lipinski definition) is 19. The van der Waals surface area contributed by atoms with Crippen LogP contribution in [0.5, 0.6) is 11.5 Å². The second-order valence-corrected chi connectivity index (χ2v) is 22.6. The number of alkyl carbamates (subject to hydrolysis) is 2. The van der Waals surface area contributed by atoms with Crippen LogP contribution in [0.1, 0.15) is 77.0 Å². The van der Waals surface area contributed by atoms with Gasteiger partial charge in [0.05, 0.1) is 49.7 Å². The lowest BCUT2D eigenvalue weighted by Crippen LogP contribution is -2.64. The Balaban J connectivity index is 1.37. The number of carbonyl (C=O) groups excluding carboxylic acids is 9. The molecule has 3 aromatic rings. The summed E-state index contributed by atoms with van der Waals surface area (Å²) in [5.74, 6) is -8.81. The molecule has 0 saturated carbocycles. The van der Waals surface area contributed by atoms with Crippen molar-refractivity contribution in [1.29, 1.82) is 0 Å². The van der Waals surface area contributed by atoms with Crippen LogP contribution < -0.4 is 47.1 Å². The number of carbonyl (C=O) groups is 9. The normalized spacial score (nSPS) is 25.5. The Labute approximate surface area is 496 Å². The fourth-order valence-electron chi connectivity index (χ4n) is 9.91. The predicted octanol–water partition coefficient (Wildman–Crippen LogP) is -2.12. The molecule has 0 bridgehead atoms. The maximum atomic E-state index is 14.9. The quantitative estimate of drug-likeness (QED) is 0.0606. The molecular formula is C58H79N9O19. The van der Waals surface area contributed by atoms with Gasteiger partial charge < -0.3 is 97.0 Å². The molecule has 86 heavy (non-hydrogen) atoms. The Morgan fingerprint density at radius 2 is 1.33 bits per heavy atom. The zero-order valence-corrected chi connectivity index (χ0v) is 48.5. The molecule has 0 aromatic heterocycles. The first-order valence-corrected chi connectivity index (χ1v) is 28.2. The van der Waals surface area contributed by atoms with E-state index in [1.807, 2.05) is 30.3 Å². The number of benzene rings is 3. The number of β-amino-alcohol motifs (C(OH)–C–C–N with tert-alkyl or cyclic N) is 1. The summed E-state index contributed by atoms with van der Waals surface area (Å²) in [5.41, 5.74) is 6.35. The maximum absolute atomic E-state index is 14.9. The highest BCUT2D eigenvalue weighted by Crippen LogP contribution is 2.31. The number of rotatable bonds is 18. The van der Waals surface area contributed by atoms with Crippen LogP contribution in [-0.4, -0.2) is 205 Å². The Bertz CT molecular complexity index is 2840. The largest absolute Gasteiger partial charge is 0.490 e. The first-order chi connectivity index (χ1) is 40.7. The van der Waals surface area contributed by atoms with Gasteiger partial charge in [0.15, 0.2) is 11.5 Å². The minimum Gasteiger partial charge on any atom is -0.490 e. The Morgan fingerprint density at radius 1 is 0.698 bits per heavy atom. The number of hydrogen-bond donors (Lipinski definition) is 13. The first-order valence-electron chi connectivity index (χ1n) is 28.2. The topological polar surface area (TPSA) is 417 Å². The fraction of sp³-hybridized carbons (Fsp3) is 0.534. The van der Waals surface area contributed by atoms with Gasteiger partial charge in [0.2, 0.25) is 41.4 Å². The molecule has 3 aromatic carbocycles. The lowest BCUT2D eigenvalue weighted by atomic mass is 9.98. The van der Waals surface area contributed by atoms with Gasteiger partial charge >= 0.3 is 12.2 Å². The van der Waals surface area contributed by atoms with Gasteiger partial charge in [-0.1, -0.05) is 73.7 Å². The van der Waals surface area contributed by atoms with Crippen LogP contribution in [0.2, 0.25) is 0 Å². The second-order valence-electron chi connectivity index (χ2n) is 22.6. The summed E-state index contributed by atoms with van der Waals surface area (Å²) in [7, 11) is 0. The average molecular weight is 1210 g/mol. The van der Waals surface area contributed by atoms with E-state index >= 15 is 0 Å². The molecule has 6 rings (SSSR count). The van der Waals surface area contributed by atoms with E-state index in [1.165, 1.54) is 25.1 Å². The van der Waals surface area contributed by atoms with Crippen molar-refractivity contribution in [3.63, 3.8) is 0 Å². The van der Waals surface area contributed by atoms with Gasteiger partial charge in [-0.05, 0) is 62.9 Å². The lowest BCUT2D eigenvalue weighted by Gasteiger charge is -2.33. The summed E-state index contributed by atoms with van der Waals surface area (Å²) < 4.78 is 22.9. The van der Waals surface area contributed by atoms with Gasteiger partial charge in [0.25, 0.3) is 0 Å². The number of aliphatic hydroxyl groups is 6. The molecule has 28 nitrogen and oxygen atoms in total. The number of nitrogens with zero attached hydrogens (tertiary/aromatic N) is 2. The summed E-state index contributed by atoms with van der Waals surface area (Å²) in [6.45, 7) is 6.11. The molecule has 28 heteroatoms. The Kier molecular flexibility index (Phi) is 24.0. The van der Waals surface area contributed by atoms with Crippen molar-refractivity contribution < 1.29 is 92.7 Å². The Morgan fingerprint density at radius 3 is 1.97 bits per heavy atom. The van der Waals surface area contributed by atoms with Crippen molar-refractivity contribution >= 4 is 53.5 Å². The van der Waals surface area contributed by atoms with E-state index < -0.39 is 177 Å². The van der Waals surface area contributed by atoms with Crippen molar-refractivity contribution in [2.75, 3.05) is 32.8 Å². The van der Waals surface area contributed by atoms with E-state index in [1.54, 1.807) is 51.1 Å². The zero-order chi connectivity index (χ0) is 63.0. The molecule has 3 saturated heterocycles. The number of fused-ring (bicyclic) bond motifs is 2. The van der Waals surface area contributed by atoms with Gasteiger partial charge in [0.1, 0.15) is 55.1 Å². The van der Waals surface area contributed by atoms with Crippen molar-refractivity contribution in [2.24, 2.45) is 11.7 Å². The molecular weight excluding hydrogens is 1130 g/mol. The van der Waals surface area contributed by atoms with Crippen LogP contribution in [0, 0.1) is 5.92 Å². The van der Waals surface area contributed by atoms with Gasteiger partial charge in [-0.25, -0.2) is 9.59 Å². The predicted molar refractivity (Wildman–Crippen MR) is 303 cm³/mol. The van der Waals surface area contributed by atoms with E-state index in [2.05, 4.69) is 31.9 Å². The molecule has 0 radical (unpaired) electrons. The van der Waals surface area contributed by atoms with Crippen LogP contribution in [0.4, 0.5) is 9.59 Å². The summed E-state index contributed by atoms with van der Waals surface area (Å²) in [6, 6.07) is 10.6. The van der Waals surface area contributed by atoms with E-state index in [0.29, 0.717) is 5.56 Å². The van der Waals surface area contributed by atoms with Crippen LogP contribution in [-0.2, 0) is 62.7 Å². The van der Waals surface area contributed by atoms with E-state index in [4.69, 9.17) is 24.7 Å². The molecule has 13 atom stereocenters. The minimum absolute atomic E-state index is 0.0221. The third-order valence-electron chi connectivity index (χ3n) is 14.3. The van der Waals surface area contributed by atoms with Crippen molar-refractivity contribution in [3.05, 3.63) is 95.6 Å². The number of primary amides is 1. The number of nitrogens with two attached hydrogens (primary N) is 1.